The molecular weight excluding hydrogens is 182 g/mol. The molecule has 5 nitrogen and oxygen atoms in total. The van der Waals surface area contributed by atoms with Gasteiger partial charge in [-0.05, 0) is 0 Å². The van der Waals surface area contributed by atoms with Crippen LogP contribution in [0.2, 0.25) is 0 Å². The van der Waals surface area contributed by atoms with Crippen LogP contribution in [-0.2, 0) is 9.53 Å². The van der Waals surface area contributed by atoms with Gasteiger partial charge in [0.25, 0.3) is 0 Å². The number of carboxylic acids is 1. The van der Waals surface area contributed by atoms with Gasteiger partial charge in [0.15, 0.2) is 6.04 Å². The van der Waals surface area contributed by atoms with Gasteiger partial charge in [-0.15, -0.1) is 0 Å². The molecule has 0 bridgehead atoms. The second-order valence-electron chi connectivity index (χ2n) is 2.62. The molecule has 2 unspecified atom stereocenters. The standard InChI is InChI=1S/C6H11NO4S/c1-5(6(8)9)7(10)2-3-11-4-12-7/h5H,2-4H2,1H3,(H,8,9). The fourth-order valence-electron chi connectivity index (χ4n) is 0.915. The maximum atomic E-state index is 11.7. The van der Waals surface area contributed by atoms with Crippen molar-refractivity contribution in [2.75, 3.05) is 19.1 Å². The van der Waals surface area contributed by atoms with Crippen molar-refractivity contribution in [2.45, 2.75) is 13.0 Å². The van der Waals surface area contributed by atoms with E-state index in [1.165, 1.54) is 6.92 Å². The third-order valence-corrected chi connectivity index (χ3v) is 3.06. The van der Waals surface area contributed by atoms with Crippen LogP contribution < -0.4 is 0 Å². The van der Waals surface area contributed by atoms with Crippen molar-refractivity contribution in [3.05, 3.63) is 5.21 Å². The summed E-state index contributed by atoms with van der Waals surface area (Å²) in [5, 5.41) is 20.3. The molecule has 1 fully saturated rings. The Bertz CT molecular complexity index is 180. The second-order valence-corrected chi connectivity index (χ2v) is 3.73. The molecule has 1 aliphatic rings. The zero-order chi connectivity index (χ0) is 9.19. The monoisotopic (exact) mass is 193 g/mol. The van der Waals surface area contributed by atoms with Gasteiger partial charge in [0, 0.05) is 6.92 Å². The Balaban J connectivity index is 2.62. The first-order valence-corrected chi connectivity index (χ1v) is 4.54. The topological polar surface area (TPSA) is 69.6 Å². The van der Waals surface area contributed by atoms with E-state index >= 15 is 0 Å². The van der Waals surface area contributed by atoms with Crippen molar-refractivity contribution in [1.82, 2.24) is 0 Å². The fraction of sp³-hybridized carbons (Fsp3) is 0.833. The molecule has 0 radical (unpaired) electrons. The van der Waals surface area contributed by atoms with Crippen LogP contribution in [0.3, 0.4) is 0 Å². The van der Waals surface area contributed by atoms with Crippen molar-refractivity contribution in [3.8, 4) is 0 Å². The minimum Gasteiger partial charge on any atom is -0.619 e. The van der Waals surface area contributed by atoms with Gasteiger partial charge in [0.05, 0.1) is 6.61 Å². The molecule has 0 aliphatic carbocycles. The predicted octanol–water partition coefficient (Wildman–Crippen LogP) is 0.410. The van der Waals surface area contributed by atoms with Gasteiger partial charge in [0.1, 0.15) is 24.4 Å². The predicted molar refractivity (Wildman–Crippen MR) is 44.0 cm³/mol. The van der Waals surface area contributed by atoms with Crippen LogP contribution in [-0.4, -0.2) is 40.3 Å². The van der Waals surface area contributed by atoms with Crippen LogP contribution in [0.5, 0.6) is 0 Å². The molecule has 0 aromatic heterocycles. The van der Waals surface area contributed by atoms with Gasteiger partial charge in [0.2, 0.25) is 0 Å². The highest BCUT2D eigenvalue weighted by Crippen LogP contribution is 2.28. The molecule has 1 heterocycles. The normalized spacial score (nSPS) is 32.8. The molecule has 70 valence electrons. The number of carbonyl (C=O) groups is 1. The molecule has 12 heavy (non-hydrogen) atoms. The smallest absolute Gasteiger partial charge is 0.363 e. The summed E-state index contributed by atoms with van der Waals surface area (Å²) in [6, 6.07) is -0.918. The highest BCUT2D eigenvalue weighted by molar-refractivity contribution is 7.93. The highest BCUT2D eigenvalue weighted by Gasteiger charge is 2.34. The van der Waals surface area contributed by atoms with Crippen molar-refractivity contribution < 1.29 is 18.7 Å². The third kappa shape index (κ3) is 1.89. The molecular formula is C6H11NO4S. The van der Waals surface area contributed by atoms with E-state index in [9.17, 15) is 10.0 Å². The average molecular weight is 193 g/mol. The molecule has 1 saturated heterocycles. The first-order valence-electron chi connectivity index (χ1n) is 3.60. The van der Waals surface area contributed by atoms with Crippen molar-refractivity contribution in [1.29, 1.82) is 0 Å². The SMILES string of the molecule is CC(C(=O)O)[N+]1([O-])CCOCS1. The van der Waals surface area contributed by atoms with Crippen molar-refractivity contribution in [2.24, 2.45) is 0 Å². The van der Waals surface area contributed by atoms with Gasteiger partial charge >= 0.3 is 5.97 Å². The van der Waals surface area contributed by atoms with Crippen LogP contribution in [0, 0.1) is 5.21 Å². The number of rotatable bonds is 2. The quantitative estimate of drug-likeness (QED) is 0.391. The molecule has 6 heteroatoms. The van der Waals surface area contributed by atoms with E-state index in [1.807, 2.05) is 0 Å². The Hall–Kier alpha value is -0.300. The summed E-state index contributed by atoms with van der Waals surface area (Å²) in [6.07, 6.45) is 0. The fourth-order valence-corrected chi connectivity index (χ4v) is 1.80. The molecule has 0 aromatic rings. The summed E-state index contributed by atoms with van der Waals surface area (Å²) < 4.78 is 4.21. The van der Waals surface area contributed by atoms with E-state index < -0.39 is 16.1 Å². The number of hydroxylamine groups is 2. The Labute approximate surface area is 74.6 Å². The number of carboxylic acid groups (broad SMARTS) is 1. The highest BCUT2D eigenvalue weighted by atomic mass is 32.2. The summed E-state index contributed by atoms with van der Waals surface area (Å²) in [4.78, 5) is 10.5. The zero-order valence-corrected chi connectivity index (χ0v) is 7.54. The number of hydrogen-bond acceptors (Lipinski definition) is 4. The average Bonchev–Trinajstić information content (AvgIpc) is 2.04. The molecule has 1 rings (SSSR count). The van der Waals surface area contributed by atoms with Crippen LogP contribution in [0.1, 0.15) is 6.92 Å². The van der Waals surface area contributed by atoms with Crippen LogP contribution in [0.4, 0.5) is 0 Å². The maximum Gasteiger partial charge on any atom is 0.363 e. The van der Waals surface area contributed by atoms with E-state index in [0.717, 1.165) is 11.9 Å². The minimum atomic E-state index is -1.06. The van der Waals surface area contributed by atoms with E-state index in [-0.39, 0.29) is 12.5 Å². The number of ether oxygens (including phenoxy) is 1. The Morgan fingerprint density at radius 3 is 2.92 bits per heavy atom. The Kier molecular flexibility index (Phi) is 2.94. The van der Waals surface area contributed by atoms with Crippen LogP contribution >= 0.6 is 11.9 Å². The lowest BCUT2D eigenvalue weighted by molar-refractivity contribution is -0.763. The summed E-state index contributed by atoms with van der Waals surface area (Å²) in [5.41, 5.74) is 0. The van der Waals surface area contributed by atoms with Gasteiger partial charge < -0.3 is 15.1 Å². The molecule has 0 spiro atoms. The summed E-state index contributed by atoms with van der Waals surface area (Å²) >= 11 is 0.981. The zero-order valence-electron chi connectivity index (χ0n) is 6.73. The molecule has 0 aromatic carbocycles. The molecule has 0 saturated carbocycles. The first-order chi connectivity index (χ1) is 5.56. The Morgan fingerprint density at radius 2 is 2.50 bits per heavy atom. The molecule has 1 aliphatic heterocycles. The van der Waals surface area contributed by atoms with Crippen molar-refractivity contribution >= 4 is 17.9 Å². The van der Waals surface area contributed by atoms with E-state index in [1.54, 1.807) is 0 Å². The number of quaternary nitrogens is 1. The van der Waals surface area contributed by atoms with Crippen LogP contribution in [0.25, 0.3) is 0 Å². The Morgan fingerprint density at radius 1 is 1.83 bits per heavy atom. The van der Waals surface area contributed by atoms with Gasteiger partial charge in [-0.25, -0.2) is 4.79 Å². The molecule has 1 N–H and O–H groups in total. The van der Waals surface area contributed by atoms with Crippen molar-refractivity contribution in [3.63, 3.8) is 0 Å². The van der Waals surface area contributed by atoms with Crippen LogP contribution in [0.15, 0.2) is 0 Å². The summed E-state index contributed by atoms with van der Waals surface area (Å²) in [5.74, 6) is -0.777. The lowest BCUT2D eigenvalue weighted by atomic mass is 10.3. The maximum absolute atomic E-state index is 11.7. The summed E-state index contributed by atoms with van der Waals surface area (Å²) in [7, 11) is 0. The largest absolute Gasteiger partial charge is 0.619 e. The number of aliphatic carboxylic acids is 1. The second kappa shape index (κ2) is 3.61. The summed E-state index contributed by atoms with van der Waals surface area (Å²) in [6.45, 7) is 1.97. The lowest BCUT2D eigenvalue weighted by Gasteiger charge is -2.44. The van der Waals surface area contributed by atoms with Gasteiger partial charge in [-0.2, -0.15) is 0 Å². The lowest BCUT2D eigenvalue weighted by Crippen LogP contribution is -2.51. The first kappa shape index (κ1) is 9.79. The minimum absolute atomic E-state index is 0.206. The number of nitrogens with zero attached hydrogens (tertiary/aromatic N) is 1. The van der Waals surface area contributed by atoms with Gasteiger partial charge in [-0.3, -0.25) is 4.05 Å². The third-order valence-electron chi connectivity index (χ3n) is 1.85. The van der Waals surface area contributed by atoms with E-state index in [4.69, 9.17) is 9.84 Å². The van der Waals surface area contributed by atoms with E-state index in [0.29, 0.717) is 6.61 Å². The molecule has 2 atom stereocenters. The van der Waals surface area contributed by atoms with Gasteiger partial charge in [-0.1, -0.05) is 0 Å². The van der Waals surface area contributed by atoms with E-state index in [2.05, 4.69) is 0 Å². The number of hydrogen-bond donors (Lipinski definition) is 1. The molecule has 0 amide bonds.